The zero-order chi connectivity index (χ0) is 21.1. The van der Waals surface area contributed by atoms with Crippen LogP contribution in [0.15, 0.2) is 53.5 Å². The van der Waals surface area contributed by atoms with E-state index in [4.69, 9.17) is 0 Å². The van der Waals surface area contributed by atoms with Crippen LogP contribution in [0.4, 0.5) is 0 Å². The highest BCUT2D eigenvalue weighted by atomic mass is 16.4. The third-order valence-electron chi connectivity index (χ3n) is 4.70. The Labute approximate surface area is 167 Å². The van der Waals surface area contributed by atoms with Gasteiger partial charge in [0.2, 0.25) is 5.43 Å². The first-order chi connectivity index (χ1) is 13.8. The molecule has 29 heavy (non-hydrogen) atoms. The minimum Gasteiger partial charge on any atom is -0.477 e. The number of amides is 1. The SMILES string of the molecule is CN(C)C(=O)c1cccc(Cc2ccc3c(c2)c(=O)c(C(=O)O)cn3CCO)c1. The maximum atomic E-state index is 12.6. The third-order valence-corrected chi connectivity index (χ3v) is 4.70. The van der Waals surface area contributed by atoms with Gasteiger partial charge in [0.1, 0.15) is 5.56 Å². The summed E-state index contributed by atoms with van der Waals surface area (Å²) >= 11 is 0. The van der Waals surface area contributed by atoms with Crippen molar-refractivity contribution >= 4 is 22.8 Å². The molecule has 3 aromatic rings. The van der Waals surface area contributed by atoms with Crippen LogP contribution >= 0.6 is 0 Å². The Kier molecular flexibility index (Phi) is 5.79. The van der Waals surface area contributed by atoms with Gasteiger partial charge in [-0.25, -0.2) is 4.79 Å². The van der Waals surface area contributed by atoms with Crippen molar-refractivity contribution in [3.63, 3.8) is 0 Å². The monoisotopic (exact) mass is 394 g/mol. The number of aromatic carboxylic acids is 1. The zero-order valence-electron chi connectivity index (χ0n) is 16.3. The van der Waals surface area contributed by atoms with Crippen LogP contribution in [0.3, 0.4) is 0 Å². The number of hydrogen-bond acceptors (Lipinski definition) is 4. The number of carboxylic acid groups (broad SMARTS) is 1. The average molecular weight is 394 g/mol. The molecule has 0 aliphatic rings. The van der Waals surface area contributed by atoms with E-state index in [-0.39, 0.29) is 30.0 Å². The number of hydrogen-bond donors (Lipinski definition) is 2. The molecule has 2 N–H and O–H groups in total. The predicted octanol–water partition coefficient (Wildman–Crippen LogP) is 1.98. The van der Waals surface area contributed by atoms with E-state index in [0.717, 1.165) is 11.1 Å². The molecule has 1 amide bonds. The molecular weight excluding hydrogens is 372 g/mol. The van der Waals surface area contributed by atoms with E-state index in [1.807, 2.05) is 24.3 Å². The molecule has 2 aromatic carbocycles. The van der Waals surface area contributed by atoms with E-state index in [1.165, 1.54) is 11.1 Å². The van der Waals surface area contributed by atoms with Crippen LogP contribution in [-0.4, -0.2) is 52.3 Å². The van der Waals surface area contributed by atoms with Gasteiger partial charge in [-0.05, 0) is 41.8 Å². The summed E-state index contributed by atoms with van der Waals surface area (Å²) < 4.78 is 1.57. The fourth-order valence-electron chi connectivity index (χ4n) is 3.31. The van der Waals surface area contributed by atoms with Crippen molar-refractivity contribution in [2.75, 3.05) is 20.7 Å². The van der Waals surface area contributed by atoms with Crippen LogP contribution in [0.1, 0.15) is 31.8 Å². The Bertz CT molecular complexity index is 1150. The highest BCUT2D eigenvalue weighted by molar-refractivity contribution is 5.94. The van der Waals surface area contributed by atoms with Gasteiger partial charge >= 0.3 is 5.97 Å². The van der Waals surface area contributed by atoms with Gasteiger partial charge in [-0.15, -0.1) is 0 Å². The molecule has 7 heteroatoms. The fraction of sp³-hybridized carbons (Fsp3) is 0.227. The standard InChI is InChI=1S/C22H22N2O5/c1-23(2)21(27)16-5-3-4-14(11-16)10-15-6-7-19-17(12-15)20(26)18(22(28)29)13-24(19)8-9-25/h3-7,11-13,25H,8-10H2,1-2H3,(H,28,29). The van der Waals surface area contributed by atoms with Crippen LogP contribution < -0.4 is 5.43 Å². The lowest BCUT2D eigenvalue weighted by Crippen LogP contribution is -2.21. The smallest absolute Gasteiger partial charge is 0.341 e. The lowest BCUT2D eigenvalue weighted by Gasteiger charge is -2.13. The Morgan fingerprint density at radius 3 is 2.45 bits per heavy atom. The molecule has 7 nitrogen and oxygen atoms in total. The van der Waals surface area contributed by atoms with Crippen molar-refractivity contribution < 1.29 is 19.8 Å². The summed E-state index contributed by atoms with van der Waals surface area (Å²) in [6.07, 6.45) is 1.75. The molecule has 0 aliphatic carbocycles. The number of benzene rings is 2. The van der Waals surface area contributed by atoms with E-state index in [2.05, 4.69) is 0 Å². The van der Waals surface area contributed by atoms with Gasteiger partial charge in [-0.2, -0.15) is 0 Å². The first kappa shape index (κ1) is 20.3. The minimum absolute atomic E-state index is 0.0941. The van der Waals surface area contributed by atoms with Gasteiger partial charge < -0.3 is 19.7 Å². The van der Waals surface area contributed by atoms with Crippen LogP contribution in [-0.2, 0) is 13.0 Å². The molecule has 0 spiro atoms. The first-order valence-electron chi connectivity index (χ1n) is 9.12. The topological polar surface area (TPSA) is 99.8 Å². The number of rotatable bonds is 6. The lowest BCUT2D eigenvalue weighted by atomic mass is 10.00. The van der Waals surface area contributed by atoms with E-state index in [1.54, 1.807) is 36.9 Å². The summed E-state index contributed by atoms with van der Waals surface area (Å²) in [5.74, 6) is -1.40. The van der Waals surface area contributed by atoms with Gasteiger partial charge in [0.15, 0.2) is 0 Å². The zero-order valence-corrected chi connectivity index (χ0v) is 16.3. The number of nitrogens with zero attached hydrogens (tertiary/aromatic N) is 2. The normalized spacial score (nSPS) is 10.9. The van der Waals surface area contributed by atoms with Crippen molar-refractivity contribution in [1.82, 2.24) is 9.47 Å². The van der Waals surface area contributed by atoms with Gasteiger partial charge in [0, 0.05) is 37.8 Å². The van der Waals surface area contributed by atoms with E-state index >= 15 is 0 Å². The van der Waals surface area contributed by atoms with Crippen molar-refractivity contribution in [2.45, 2.75) is 13.0 Å². The minimum atomic E-state index is -1.30. The number of aromatic nitrogens is 1. The average Bonchev–Trinajstić information content (AvgIpc) is 2.69. The number of aliphatic hydroxyl groups is 1. The Morgan fingerprint density at radius 2 is 1.79 bits per heavy atom. The molecule has 0 radical (unpaired) electrons. The molecule has 3 rings (SSSR count). The molecule has 0 saturated heterocycles. The maximum absolute atomic E-state index is 12.6. The summed E-state index contributed by atoms with van der Waals surface area (Å²) in [7, 11) is 3.38. The highest BCUT2D eigenvalue weighted by Gasteiger charge is 2.15. The molecule has 0 bridgehead atoms. The summed E-state index contributed by atoms with van der Waals surface area (Å²) in [5, 5.41) is 18.9. The Balaban J connectivity index is 2.05. The quantitative estimate of drug-likeness (QED) is 0.666. The molecule has 150 valence electrons. The van der Waals surface area contributed by atoms with E-state index in [0.29, 0.717) is 17.5 Å². The van der Waals surface area contributed by atoms with Gasteiger partial charge in [-0.1, -0.05) is 18.2 Å². The Morgan fingerprint density at radius 1 is 1.07 bits per heavy atom. The number of carbonyl (C=O) groups is 2. The molecule has 0 aliphatic heterocycles. The summed E-state index contributed by atoms with van der Waals surface area (Å²) in [5.41, 5.74) is 1.98. The van der Waals surface area contributed by atoms with Gasteiger partial charge in [0.05, 0.1) is 12.1 Å². The lowest BCUT2D eigenvalue weighted by molar-refractivity contribution is 0.0694. The number of carboxylic acids is 1. The molecule has 1 heterocycles. The summed E-state index contributed by atoms with van der Waals surface area (Å²) in [6, 6.07) is 12.6. The predicted molar refractivity (Wildman–Crippen MR) is 110 cm³/mol. The number of pyridine rings is 1. The second-order valence-electron chi connectivity index (χ2n) is 7.02. The molecule has 0 atom stereocenters. The van der Waals surface area contributed by atoms with Crippen LogP contribution in [0.5, 0.6) is 0 Å². The van der Waals surface area contributed by atoms with Crippen LogP contribution in [0.25, 0.3) is 10.9 Å². The molecular formula is C22H22N2O5. The van der Waals surface area contributed by atoms with Crippen molar-refractivity contribution in [3.8, 4) is 0 Å². The van der Waals surface area contributed by atoms with Gasteiger partial charge in [0.25, 0.3) is 5.91 Å². The van der Waals surface area contributed by atoms with Gasteiger partial charge in [-0.3, -0.25) is 9.59 Å². The second kappa shape index (κ2) is 8.28. The number of carbonyl (C=O) groups excluding carboxylic acids is 1. The van der Waals surface area contributed by atoms with Crippen molar-refractivity contribution in [3.05, 3.63) is 81.1 Å². The largest absolute Gasteiger partial charge is 0.477 e. The van der Waals surface area contributed by atoms with Crippen LogP contribution in [0.2, 0.25) is 0 Å². The third kappa shape index (κ3) is 4.20. The second-order valence-corrected chi connectivity index (χ2v) is 7.02. The maximum Gasteiger partial charge on any atom is 0.341 e. The first-order valence-corrected chi connectivity index (χ1v) is 9.12. The Hall–Kier alpha value is -3.45. The molecule has 0 saturated carbocycles. The van der Waals surface area contributed by atoms with Crippen molar-refractivity contribution in [1.29, 1.82) is 0 Å². The molecule has 0 unspecified atom stereocenters. The number of fused-ring (bicyclic) bond motifs is 1. The van der Waals surface area contributed by atoms with E-state index in [9.17, 15) is 24.6 Å². The van der Waals surface area contributed by atoms with Crippen LogP contribution in [0, 0.1) is 0 Å². The fourth-order valence-corrected chi connectivity index (χ4v) is 3.31. The van der Waals surface area contributed by atoms with Crippen molar-refractivity contribution in [2.24, 2.45) is 0 Å². The summed E-state index contributed by atoms with van der Waals surface area (Å²) in [6.45, 7) is 0.0105. The molecule has 1 aromatic heterocycles. The number of aliphatic hydroxyl groups excluding tert-OH is 1. The summed E-state index contributed by atoms with van der Waals surface area (Å²) in [4.78, 5) is 37.8. The highest BCUT2D eigenvalue weighted by Crippen LogP contribution is 2.18. The van der Waals surface area contributed by atoms with E-state index < -0.39 is 11.4 Å². The molecule has 0 fully saturated rings.